The Labute approximate surface area is 135 Å². The molecule has 0 aliphatic heterocycles. The van der Waals surface area contributed by atoms with Crippen LogP contribution in [0.15, 0.2) is 49.1 Å². The first-order valence-electron chi connectivity index (χ1n) is 7.88. The van der Waals surface area contributed by atoms with Gasteiger partial charge in [0.15, 0.2) is 0 Å². The molecule has 0 aliphatic carbocycles. The first-order chi connectivity index (χ1) is 11.1. The van der Waals surface area contributed by atoms with Crippen LogP contribution in [0.25, 0.3) is 11.1 Å². The third kappa shape index (κ3) is 4.04. The minimum atomic E-state index is -2.82. The minimum Gasteiger partial charge on any atom is -0.206 e. The minimum absolute atomic E-state index is 0.228. The summed E-state index contributed by atoms with van der Waals surface area (Å²) in [6.07, 6.45) is 1.72. The molecule has 0 heterocycles. The van der Waals surface area contributed by atoms with E-state index in [-0.39, 0.29) is 5.56 Å². The Balaban J connectivity index is 2.42. The monoisotopic (exact) mass is 318 g/mol. The van der Waals surface area contributed by atoms with Crippen molar-refractivity contribution in [1.29, 1.82) is 0 Å². The molecule has 0 nitrogen and oxygen atoms in total. The van der Waals surface area contributed by atoms with E-state index in [9.17, 15) is 13.2 Å². The van der Waals surface area contributed by atoms with Gasteiger partial charge in [0.25, 0.3) is 6.43 Å². The van der Waals surface area contributed by atoms with Crippen molar-refractivity contribution in [2.45, 2.75) is 39.0 Å². The van der Waals surface area contributed by atoms with E-state index in [2.05, 4.69) is 13.5 Å². The van der Waals surface area contributed by atoms with E-state index < -0.39 is 17.8 Å². The lowest BCUT2D eigenvalue weighted by Gasteiger charge is -2.13. The van der Waals surface area contributed by atoms with Gasteiger partial charge in [-0.25, -0.2) is 13.2 Å². The van der Waals surface area contributed by atoms with E-state index in [0.717, 1.165) is 18.4 Å². The fraction of sp³-hybridized carbons (Fsp3) is 0.300. The number of aryl methyl sites for hydroxylation is 2. The molecular formula is C20H21F3. The van der Waals surface area contributed by atoms with E-state index in [4.69, 9.17) is 0 Å². The van der Waals surface area contributed by atoms with Gasteiger partial charge in [-0.1, -0.05) is 55.8 Å². The summed E-state index contributed by atoms with van der Waals surface area (Å²) < 4.78 is 41.3. The van der Waals surface area contributed by atoms with Crippen LogP contribution in [-0.2, 0) is 12.8 Å². The van der Waals surface area contributed by atoms with Crippen LogP contribution in [-0.4, -0.2) is 0 Å². The Kier molecular flexibility index (Phi) is 6.03. The number of hydrogen-bond acceptors (Lipinski definition) is 0. The summed E-state index contributed by atoms with van der Waals surface area (Å²) >= 11 is 0. The van der Waals surface area contributed by atoms with Gasteiger partial charge in [-0.3, -0.25) is 0 Å². The fourth-order valence-electron chi connectivity index (χ4n) is 2.71. The second kappa shape index (κ2) is 8.00. The first-order valence-corrected chi connectivity index (χ1v) is 7.88. The van der Waals surface area contributed by atoms with Gasteiger partial charge in [-0.2, -0.15) is 0 Å². The molecule has 0 saturated carbocycles. The third-order valence-electron chi connectivity index (χ3n) is 3.91. The van der Waals surface area contributed by atoms with Crippen LogP contribution in [0.1, 0.15) is 42.9 Å². The topological polar surface area (TPSA) is 0 Å². The average Bonchev–Trinajstić information content (AvgIpc) is 2.54. The first kappa shape index (κ1) is 17.3. The van der Waals surface area contributed by atoms with Crippen molar-refractivity contribution in [2.75, 3.05) is 0 Å². The maximum absolute atomic E-state index is 14.6. The molecule has 0 spiro atoms. The van der Waals surface area contributed by atoms with E-state index in [1.165, 1.54) is 0 Å². The van der Waals surface area contributed by atoms with E-state index in [1.54, 1.807) is 30.3 Å². The molecule has 0 radical (unpaired) electrons. The molecule has 3 heteroatoms. The van der Waals surface area contributed by atoms with Crippen LogP contribution in [0, 0.1) is 5.82 Å². The maximum Gasteiger partial charge on any atom is 0.266 e. The van der Waals surface area contributed by atoms with Crippen LogP contribution < -0.4 is 0 Å². The van der Waals surface area contributed by atoms with Crippen LogP contribution in [0.5, 0.6) is 0 Å². The number of halogens is 3. The Hall–Kier alpha value is -2.03. The van der Waals surface area contributed by atoms with Crippen molar-refractivity contribution < 1.29 is 13.2 Å². The molecule has 0 unspecified atom stereocenters. The van der Waals surface area contributed by atoms with Crippen molar-refractivity contribution in [1.82, 2.24) is 0 Å². The fourth-order valence-corrected chi connectivity index (χ4v) is 2.71. The molecule has 0 bridgehead atoms. The van der Waals surface area contributed by atoms with Crippen molar-refractivity contribution in [3.63, 3.8) is 0 Å². The van der Waals surface area contributed by atoms with Crippen molar-refractivity contribution in [3.8, 4) is 11.1 Å². The van der Waals surface area contributed by atoms with Gasteiger partial charge in [0.1, 0.15) is 5.82 Å². The van der Waals surface area contributed by atoms with Crippen LogP contribution in [0.2, 0.25) is 0 Å². The molecule has 0 saturated heterocycles. The highest BCUT2D eigenvalue weighted by atomic mass is 19.3. The highest BCUT2D eigenvalue weighted by Crippen LogP contribution is 2.33. The molecule has 122 valence electrons. The molecule has 0 atom stereocenters. The zero-order valence-electron chi connectivity index (χ0n) is 13.3. The zero-order valence-corrected chi connectivity index (χ0v) is 13.3. The highest BCUT2D eigenvalue weighted by Gasteiger charge is 2.21. The standard InChI is InChI=1S/C20H21F3/c1-3-5-7-16-12-13-17(19(21)18(16)20(22)23)15-10-8-14(6-4-2)9-11-15/h3,8-13,20H,1,4-7H2,2H3. The Bertz CT molecular complexity index is 657. The predicted octanol–water partition coefficient (Wildman–Crippen LogP) is 6.50. The summed E-state index contributed by atoms with van der Waals surface area (Å²) in [5.74, 6) is -0.815. The van der Waals surface area contributed by atoms with Crippen molar-refractivity contribution >= 4 is 0 Å². The molecule has 2 aromatic rings. The van der Waals surface area contributed by atoms with E-state index in [0.29, 0.717) is 24.0 Å². The smallest absolute Gasteiger partial charge is 0.206 e. The quantitative estimate of drug-likeness (QED) is 0.511. The maximum atomic E-state index is 14.6. The number of hydrogen-bond donors (Lipinski definition) is 0. The summed E-state index contributed by atoms with van der Waals surface area (Å²) in [5.41, 5.74) is 1.88. The summed E-state index contributed by atoms with van der Waals surface area (Å²) in [6, 6.07) is 10.6. The third-order valence-corrected chi connectivity index (χ3v) is 3.91. The van der Waals surface area contributed by atoms with Gasteiger partial charge in [-0.15, -0.1) is 6.58 Å². The Morgan fingerprint density at radius 1 is 1.04 bits per heavy atom. The Morgan fingerprint density at radius 2 is 1.74 bits per heavy atom. The molecule has 0 fully saturated rings. The normalized spacial score (nSPS) is 11.0. The van der Waals surface area contributed by atoms with Crippen molar-refractivity contribution in [3.05, 3.63) is 71.6 Å². The summed E-state index contributed by atoms with van der Waals surface area (Å²) in [7, 11) is 0. The van der Waals surface area contributed by atoms with E-state index in [1.807, 2.05) is 12.1 Å². The number of rotatable bonds is 7. The van der Waals surface area contributed by atoms with Gasteiger partial charge in [0, 0.05) is 5.56 Å². The lowest BCUT2D eigenvalue weighted by Crippen LogP contribution is -2.01. The molecule has 0 N–H and O–H groups in total. The molecule has 2 rings (SSSR count). The highest BCUT2D eigenvalue weighted by molar-refractivity contribution is 5.66. The summed E-state index contributed by atoms with van der Waals surface area (Å²) in [6.45, 7) is 5.67. The van der Waals surface area contributed by atoms with Crippen molar-refractivity contribution in [2.24, 2.45) is 0 Å². The van der Waals surface area contributed by atoms with Crippen LogP contribution >= 0.6 is 0 Å². The van der Waals surface area contributed by atoms with Gasteiger partial charge >= 0.3 is 0 Å². The molecular weight excluding hydrogens is 297 g/mol. The Morgan fingerprint density at radius 3 is 2.30 bits per heavy atom. The predicted molar refractivity (Wildman–Crippen MR) is 89.3 cm³/mol. The summed E-state index contributed by atoms with van der Waals surface area (Å²) in [4.78, 5) is 0. The largest absolute Gasteiger partial charge is 0.266 e. The summed E-state index contributed by atoms with van der Waals surface area (Å²) in [5, 5.41) is 0. The molecule has 0 amide bonds. The SMILES string of the molecule is C=CCCc1ccc(-c2ccc(CCC)cc2)c(F)c1C(F)F. The van der Waals surface area contributed by atoms with Gasteiger partial charge in [0.05, 0.1) is 5.56 Å². The number of benzene rings is 2. The van der Waals surface area contributed by atoms with Gasteiger partial charge in [-0.05, 0) is 36.0 Å². The number of alkyl halides is 2. The van der Waals surface area contributed by atoms with E-state index >= 15 is 0 Å². The zero-order chi connectivity index (χ0) is 16.8. The second-order valence-corrected chi connectivity index (χ2v) is 5.57. The second-order valence-electron chi connectivity index (χ2n) is 5.57. The molecule has 2 aromatic carbocycles. The average molecular weight is 318 g/mol. The molecule has 0 aliphatic rings. The van der Waals surface area contributed by atoms with Crippen LogP contribution in [0.4, 0.5) is 13.2 Å². The van der Waals surface area contributed by atoms with Gasteiger partial charge < -0.3 is 0 Å². The molecule has 23 heavy (non-hydrogen) atoms. The lowest BCUT2D eigenvalue weighted by molar-refractivity contribution is 0.145. The molecule has 0 aromatic heterocycles. The van der Waals surface area contributed by atoms with Gasteiger partial charge in [0.2, 0.25) is 0 Å². The lowest BCUT2D eigenvalue weighted by atomic mass is 9.95. The number of allylic oxidation sites excluding steroid dienone is 1. The van der Waals surface area contributed by atoms with Crippen LogP contribution in [0.3, 0.4) is 0 Å².